The fraction of sp³-hybridized carbons (Fsp3) is 0.0455. The Kier molecular flexibility index (Phi) is 5.51. The minimum absolute atomic E-state index is 0.510. The van der Waals surface area contributed by atoms with Crippen molar-refractivity contribution < 1.29 is 4.74 Å². The van der Waals surface area contributed by atoms with E-state index in [1.54, 1.807) is 12.1 Å². The Hall–Kier alpha value is -3.02. The third-order valence-corrected chi connectivity index (χ3v) is 3.95. The minimum atomic E-state index is 0.510. The average Bonchev–Trinajstić information content (AvgIpc) is 2.66. The molecule has 0 atom stereocenters. The van der Waals surface area contributed by atoms with Crippen LogP contribution >= 0.6 is 11.6 Å². The highest BCUT2D eigenvalue weighted by Gasteiger charge is 2.02. The van der Waals surface area contributed by atoms with Gasteiger partial charge in [-0.3, -0.25) is 0 Å². The normalized spacial score (nSPS) is 11.0. The Balaban J connectivity index is 1.78. The molecule has 2 nitrogen and oxygen atoms in total. The van der Waals surface area contributed by atoms with Crippen LogP contribution in [-0.4, -0.2) is 0 Å². The van der Waals surface area contributed by atoms with Crippen molar-refractivity contribution in [3.8, 4) is 11.8 Å². The molecule has 0 unspecified atom stereocenters. The molecule has 0 N–H and O–H groups in total. The van der Waals surface area contributed by atoms with E-state index >= 15 is 0 Å². The number of nitriles is 1. The van der Waals surface area contributed by atoms with Gasteiger partial charge in [-0.1, -0.05) is 66.2 Å². The van der Waals surface area contributed by atoms with Crippen molar-refractivity contribution in [2.75, 3.05) is 0 Å². The minimum Gasteiger partial charge on any atom is -0.489 e. The van der Waals surface area contributed by atoms with E-state index in [1.165, 1.54) is 0 Å². The highest BCUT2D eigenvalue weighted by molar-refractivity contribution is 6.30. The Morgan fingerprint density at radius 3 is 2.44 bits per heavy atom. The summed E-state index contributed by atoms with van der Waals surface area (Å²) in [5.41, 5.74) is 3.44. The molecule has 0 saturated heterocycles. The summed E-state index contributed by atoms with van der Waals surface area (Å²) in [6, 6.07) is 27.2. The van der Waals surface area contributed by atoms with E-state index < -0.39 is 0 Å². The van der Waals surface area contributed by atoms with Gasteiger partial charge >= 0.3 is 0 Å². The molecule has 0 aliphatic heterocycles. The van der Waals surface area contributed by atoms with Crippen molar-refractivity contribution in [2.45, 2.75) is 6.61 Å². The smallest absolute Gasteiger partial charge is 0.120 e. The van der Waals surface area contributed by atoms with Gasteiger partial charge in [-0.2, -0.15) is 5.26 Å². The first kappa shape index (κ1) is 16.8. The Morgan fingerprint density at radius 1 is 0.960 bits per heavy atom. The highest BCUT2D eigenvalue weighted by Crippen LogP contribution is 2.22. The molecule has 3 rings (SSSR count). The van der Waals surface area contributed by atoms with Gasteiger partial charge in [0.1, 0.15) is 12.4 Å². The zero-order chi connectivity index (χ0) is 17.5. The summed E-state index contributed by atoms with van der Waals surface area (Å²) in [5.74, 6) is 0.769. The highest BCUT2D eigenvalue weighted by atomic mass is 35.5. The Labute approximate surface area is 152 Å². The van der Waals surface area contributed by atoms with Crippen LogP contribution in [0.1, 0.15) is 16.7 Å². The molecule has 0 aliphatic rings. The average molecular weight is 346 g/mol. The van der Waals surface area contributed by atoms with Crippen molar-refractivity contribution >= 4 is 23.3 Å². The van der Waals surface area contributed by atoms with Gasteiger partial charge < -0.3 is 4.74 Å². The fourth-order valence-electron chi connectivity index (χ4n) is 2.41. The van der Waals surface area contributed by atoms with Crippen LogP contribution in [0.4, 0.5) is 0 Å². The summed E-state index contributed by atoms with van der Waals surface area (Å²) in [7, 11) is 0. The van der Waals surface area contributed by atoms with Gasteiger partial charge in [-0.25, -0.2) is 0 Å². The zero-order valence-corrected chi connectivity index (χ0v) is 14.3. The molecule has 25 heavy (non-hydrogen) atoms. The third-order valence-electron chi connectivity index (χ3n) is 3.69. The molecule has 0 amide bonds. The van der Waals surface area contributed by atoms with Gasteiger partial charge in [0, 0.05) is 5.02 Å². The topological polar surface area (TPSA) is 33.0 Å². The van der Waals surface area contributed by atoms with E-state index in [-0.39, 0.29) is 0 Å². The van der Waals surface area contributed by atoms with Crippen molar-refractivity contribution in [1.29, 1.82) is 5.26 Å². The maximum Gasteiger partial charge on any atom is 0.120 e. The molecule has 0 aliphatic carbocycles. The molecule has 0 spiro atoms. The van der Waals surface area contributed by atoms with E-state index in [0.717, 1.165) is 22.4 Å². The van der Waals surface area contributed by atoms with Gasteiger partial charge in [0.15, 0.2) is 0 Å². The van der Waals surface area contributed by atoms with Crippen molar-refractivity contribution in [2.24, 2.45) is 0 Å². The standard InChI is InChI=1S/C22H16ClNO/c23-21-11-9-19(10-12-21)20(15-24)13-18-7-4-8-22(14-18)25-16-17-5-2-1-3-6-17/h1-14H,16H2. The molecule has 0 heterocycles. The summed E-state index contributed by atoms with van der Waals surface area (Å²) < 4.78 is 5.84. The second-order valence-electron chi connectivity index (χ2n) is 5.52. The number of nitrogens with zero attached hydrogens (tertiary/aromatic N) is 1. The Bertz CT molecular complexity index is 909. The number of halogens is 1. The van der Waals surface area contributed by atoms with Crippen molar-refractivity contribution in [3.63, 3.8) is 0 Å². The van der Waals surface area contributed by atoms with Gasteiger partial charge in [0.05, 0.1) is 11.6 Å². The predicted octanol–water partition coefficient (Wildman–Crippen LogP) is 5.98. The third kappa shape index (κ3) is 4.73. The van der Waals surface area contributed by atoms with Crippen molar-refractivity contribution in [3.05, 3.63) is 101 Å². The van der Waals surface area contributed by atoms with Gasteiger partial charge in [0.25, 0.3) is 0 Å². The molecule has 0 radical (unpaired) electrons. The number of ether oxygens (including phenoxy) is 1. The van der Waals surface area contributed by atoms with E-state index in [1.807, 2.05) is 72.8 Å². The lowest BCUT2D eigenvalue weighted by Crippen LogP contribution is -1.95. The zero-order valence-electron chi connectivity index (χ0n) is 13.5. The van der Waals surface area contributed by atoms with Crippen LogP contribution in [0.5, 0.6) is 5.75 Å². The molecule has 3 aromatic rings. The maximum atomic E-state index is 9.45. The van der Waals surface area contributed by atoms with Crippen LogP contribution in [-0.2, 0) is 6.61 Å². The van der Waals surface area contributed by atoms with E-state index in [0.29, 0.717) is 17.2 Å². The summed E-state index contributed by atoms with van der Waals surface area (Å²) in [6.45, 7) is 0.510. The summed E-state index contributed by atoms with van der Waals surface area (Å²) in [5, 5.41) is 10.1. The second-order valence-corrected chi connectivity index (χ2v) is 5.96. The van der Waals surface area contributed by atoms with E-state index in [9.17, 15) is 5.26 Å². The first-order valence-electron chi connectivity index (χ1n) is 7.89. The monoisotopic (exact) mass is 345 g/mol. The molecule has 3 heteroatoms. The van der Waals surface area contributed by atoms with Crippen LogP contribution in [0.25, 0.3) is 11.6 Å². The van der Waals surface area contributed by atoms with Crippen LogP contribution < -0.4 is 4.74 Å². The lowest BCUT2D eigenvalue weighted by atomic mass is 10.0. The molecule has 3 aromatic carbocycles. The van der Waals surface area contributed by atoms with Crippen molar-refractivity contribution in [1.82, 2.24) is 0 Å². The lowest BCUT2D eigenvalue weighted by molar-refractivity contribution is 0.306. The van der Waals surface area contributed by atoms with Crippen LogP contribution in [0.3, 0.4) is 0 Å². The van der Waals surface area contributed by atoms with Gasteiger partial charge in [-0.15, -0.1) is 0 Å². The molecular formula is C22H16ClNO. The van der Waals surface area contributed by atoms with Gasteiger partial charge in [0.2, 0.25) is 0 Å². The quantitative estimate of drug-likeness (QED) is 0.420. The lowest BCUT2D eigenvalue weighted by Gasteiger charge is -2.07. The predicted molar refractivity (Wildman–Crippen MR) is 102 cm³/mol. The first-order chi connectivity index (χ1) is 12.2. The number of allylic oxidation sites excluding steroid dienone is 1. The fourth-order valence-corrected chi connectivity index (χ4v) is 2.54. The molecule has 0 fully saturated rings. The van der Waals surface area contributed by atoms with E-state index in [4.69, 9.17) is 16.3 Å². The number of benzene rings is 3. The second kappa shape index (κ2) is 8.19. The van der Waals surface area contributed by atoms with Crippen LogP contribution in [0.15, 0.2) is 78.9 Å². The molecule has 122 valence electrons. The number of hydrogen-bond donors (Lipinski definition) is 0. The molecule has 0 saturated carbocycles. The first-order valence-corrected chi connectivity index (χ1v) is 8.27. The van der Waals surface area contributed by atoms with Crippen LogP contribution in [0.2, 0.25) is 5.02 Å². The summed E-state index contributed by atoms with van der Waals surface area (Å²) >= 11 is 5.91. The van der Waals surface area contributed by atoms with Crippen LogP contribution in [0, 0.1) is 11.3 Å². The largest absolute Gasteiger partial charge is 0.489 e. The molecule has 0 bridgehead atoms. The van der Waals surface area contributed by atoms with Gasteiger partial charge in [-0.05, 0) is 47.0 Å². The number of rotatable bonds is 5. The van der Waals surface area contributed by atoms with E-state index in [2.05, 4.69) is 6.07 Å². The molecular weight excluding hydrogens is 330 g/mol. The molecule has 0 aromatic heterocycles. The summed E-state index contributed by atoms with van der Waals surface area (Å²) in [4.78, 5) is 0. The SMILES string of the molecule is N#CC(=Cc1cccc(OCc2ccccc2)c1)c1ccc(Cl)cc1. The summed E-state index contributed by atoms with van der Waals surface area (Å²) in [6.07, 6.45) is 1.85. The number of hydrogen-bond acceptors (Lipinski definition) is 2. The Morgan fingerprint density at radius 2 is 1.72 bits per heavy atom. The maximum absolute atomic E-state index is 9.45.